The first-order valence-electron chi connectivity index (χ1n) is 8.03. The molecule has 1 N–H and O–H groups in total. The van der Waals surface area contributed by atoms with Crippen LogP contribution in [-0.4, -0.2) is 34.5 Å². The van der Waals surface area contributed by atoms with E-state index < -0.39 is 0 Å². The normalized spacial score (nSPS) is 17.4. The molecule has 3 aromatic rings. The summed E-state index contributed by atoms with van der Waals surface area (Å²) in [6, 6.07) is 10.6. The summed E-state index contributed by atoms with van der Waals surface area (Å²) in [5.41, 5.74) is 1.43. The van der Waals surface area contributed by atoms with Crippen LogP contribution in [0.4, 0.5) is 0 Å². The van der Waals surface area contributed by atoms with Crippen LogP contribution in [0.2, 0.25) is 0 Å². The Labute approximate surface area is 138 Å². The molecule has 0 aliphatic carbocycles. The molecule has 0 spiro atoms. The monoisotopic (exact) mass is 323 g/mol. The standard InChI is InChI=1S/C18H17N3O3/c22-17(19-10-13-4-3-9-24-13)12-7-8-16-20-15-6-2-1-5-14(15)18(23)21(16)11-12/h1-2,5-8,11,13H,3-4,9-10H2,(H,19,22)/t13-/m0/s1. The second-order valence-electron chi connectivity index (χ2n) is 5.93. The van der Waals surface area contributed by atoms with Crippen LogP contribution in [0, 0.1) is 0 Å². The molecule has 2 aromatic heterocycles. The second kappa shape index (κ2) is 6.05. The predicted molar refractivity (Wildman–Crippen MR) is 90.3 cm³/mol. The van der Waals surface area contributed by atoms with Gasteiger partial charge in [0.1, 0.15) is 5.65 Å². The van der Waals surface area contributed by atoms with E-state index in [1.54, 1.807) is 36.5 Å². The zero-order valence-electron chi connectivity index (χ0n) is 13.1. The molecule has 0 saturated carbocycles. The van der Waals surface area contributed by atoms with E-state index in [0.717, 1.165) is 19.4 Å². The molecule has 122 valence electrons. The highest BCUT2D eigenvalue weighted by molar-refractivity contribution is 5.94. The van der Waals surface area contributed by atoms with Gasteiger partial charge in [0.2, 0.25) is 0 Å². The number of aromatic nitrogens is 2. The number of nitrogens with zero attached hydrogens (tertiary/aromatic N) is 2. The molecular formula is C18H17N3O3. The van der Waals surface area contributed by atoms with E-state index in [-0.39, 0.29) is 17.6 Å². The maximum atomic E-state index is 12.6. The largest absolute Gasteiger partial charge is 0.376 e. The Bertz CT molecular complexity index is 974. The van der Waals surface area contributed by atoms with Gasteiger partial charge in [0.25, 0.3) is 11.5 Å². The molecule has 1 fully saturated rings. The van der Waals surface area contributed by atoms with Crippen molar-refractivity contribution in [1.29, 1.82) is 0 Å². The summed E-state index contributed by atoms with van der Waals surface area (Å²) in [5, 5.41) is 3.40. The van der Waals surface area contributed by atoms with Crippen molar-refractivity contribution in [2.45, 2.75) is 18.9 Å². The second-order valence-corrected chi connectivity index (χ2v) is 5.93. The minimum atomic E-state index is -0.215. The lowest BCUT2D eigenvalue weighted by Crippen LogP contribution is -2.32. The van der Waals surface area contributed by atoms with Crippen molar-refractivity contribution < 1.29 is 9.53 Å². The molecule has 24 heavy (non-hydrogen) atoms. The molecule has 1 aromatic carbocycles. The number of carbonyl (C=O) groups is 1. The lowest BCUT2D eigenvalue weighted by atomic mass is 10.2. The molecule has 1 atom stereocenters. The molecule has 6 nitrogen and oxygen atoms in total. The van der Waals surface area contributed by atoms with Crippen LogP contribution in [0.3, 0.4) is 0 Å². The number of hydrogen-bond donors (Lipinski definition) is 1. The topological polar surface area (TPSA) is 72.7 Å². The van der Waals surface area contributed by atoms with Gasteiger partial charge in [0, 0.05) is 19.3 Å². The maximum Gasteiger partial charge on any atom is 0.265 e. The Kier molecular flexibility index (Phi) is 3.74. The van der Waals surface area contributed by atoms with Gasteiger partial charge >= 0.3 is 0 Å². The summed E-state index contributed by atoms with van der Waals surface area (Å²) < 4.78 is 6.92. The lowest BCUT2D eigenvalue weighted by Gasteiger charge is -2.11. The van der Waals surface area contributed by atoms with Crippen LogP contribution in [-0.2, 0) is 4.74 Å². The van der Waals surface area contributed by atoms with E-state index in [0.29, 0.717) is 28.7 Å². The number of hydrogen-bond acceptors (Lipinski definition) is 4. The summed E-state index contributed by atoms with van der Waals surface area (Å²) in [6.07, 6.45) is 3.63. The summed E-state index contributed by atoms with van der Waals surface area (Å²) in [7, 11) is 0. The highest BCUT2D eigenvalue weighted by Crippen LogP contribution is 2.12. The molecule has 6 heteroatoms. The van der Waals surface area contributed by atoms with Crippen molar-refractivity contribution in [1.82, 2.24) is 14.7 Å². The van der Waals surface area contributed by atoms with Crippen LogP contribution in [0.15, 0.2) is 47.4 Å². The average molecular weight is 323 g/mol. The zero-order valence-corrected chi connectivity index (χ0v) is 13.1. The van der Waals surface area contributed by atoms with E-state index in [1.807, 2.05) is 6.07 Å². The summed E-state index contributed by atoms with van der Waals surface area (Å²) in [5.74, 6) is -0.215. The van der Waals surface area contributed by atoms with E-state index in [2.05, 4.69) is 10.3 Å². The lowest BCUT2D eigenvalue weighted by molar-refractivity contribution is 0.0857. The van der Waals surface area contributed by atoms with E-state index in [4.69, 9.17) is 4.74 Å². The molecular weight excluding hydrogens is 306 g/mol. The van der Waals surface area contributed by atoms with E-state index in [1.165, 1.54) is 4.40 Å². The Balaban J connectivity index is 1.67. The molecule has 0 bridgehead atoms. The van der Waals surface area contributed by atoms with Gasteiger partial charge in [-0.25, -0.2) is 4.98 Å². The van der Waals surface area contributed by atoms with Crippen molar-refractivity contribution in [2.75, 3.05) is 13.2 Å². The van der Waals surface area contributed by atoms with Gasteiger partial charge in [-0.05, 0) is 37.1 Å². The Morgan fingerprint density at radius 1 is 1.29 bits per heavy atom. The number of benzene rings is 1. The van der Waals surface area contributed by atoms with Crippen LogP contribution in [0.5, 0.6) is 0 Å². The van der Waals surface area contributed by atoms with Crippen molar-refractivity contribution in [3.05, 3.63) is 58.5 Å². The fourth-order valence-electron chi connectivity index (χ4n) is 3.00. The van der Waals surface area contributed by atoms with Crippen molar-refractivity contribution in [2.24, 2.45) is 0 Å². The minimum Gasteiger partial charge on any atom is -0.376 e. The van der Waals surface area contributed by atoms with Gasteiger partial charge in [-0.15, -0.1) is 0 Å². The molecule has 4 rings (SSSR count). The third-order valence-electron chi connectivity index (χ3n) is 4.29. The number of ether oxygens (including phenoxy) is 1. The first-order valence-corrected chi connectivity index (χ1v) is 8.03. The number of para-hydroxylation sites is 1. The molecule has 3 heterocycles. The van der Waals surface area contributed by atoms with Crippen LogP contribution < -0.4 is 10.9 Å². The fraction of sp³-hybridized carbons (Fsp3) is 0.278. The number of pyridine rings is 1. The number of nitrogens with one attached hydrogen (secondary N) is 1. The van der Waals surface area contributed by atoms with Gasteiger partial charge in [0.05, 0.1) is 22.6 Å². The van der Waals surface area contributed by atoms with E-state index in [9.17, 15) is 9.59 Å². The van der Waals surface area contributed by atoms with E-state index >= 15 is 0 Å². The van der Waals surface area contributed by atoms with Gasteiger partial charge in [-0.2, -0.15) is 0 Å². The van der Waals surface area contributed by atoms with Crippen LogP contribution in [0.1, 0.15) is 23.2 Å². The molecule has 0 radical (unpaired) electrons. The number of rotatable bonds is 3. The highest BCUT2D eigenvalue weighted by atomic mass is 16.5. The SMILES string of the molecule is O=C(NC[C@@H]1CCCO1)c1ccc2nc3ccccc3c(=O)n2c1. The number of carbonyl (C=O) groups excluding carboxylic acids is 1. The third-order valence-corrected chi connectivity index (χ3v) is 4.29. The third kappa shape index (κ3) is 2.65. The highest BCUT2D eigenvalue weighted by Gasteiger charge is 2.17. The summed E-state index contributed by atoms with van der Waals surface area (Å²) in [6.45, 7) is 1.24. The fourth-order valence-corrected chi connectivity index (χ4v) is 3.00. The molecule has 1 aliphatic rings. The summed E-state index contributed by atoms with van der Waals surface area (Å²) in [4.78, 5) is 29.4. The van der Waals surface area contributed by atoms with Crippen LogP contribution >= 0.6 is 0 Å². The van der Waals surface area contributed by atoms with Crippen molar-refractivity contribution >= 4 is 22.5 Å². The number of amides is 1. The number of fused-ring (bicyclic) bond motifs is 2. The average Bonchev–Trinajstić information content (AvgIpc) is 3.13. The Hall–Kier alpha value is -2.73. The molecule has 1 aliphatic heterocycles. The first kappa shape index (κ1) is 14.8. The van der Waals surface area contributed by atoms with Gasteiger partial charge in [-0.1, -0.05) is 12.1 Å². The molecule has 1 saturated heterocycles. The smallest absolute Gasteiger partial charge is 0.265 e. The first-order chi connectivity index (χ1) is 11.7. The maximum absolute atomic E-state index is 12.6. The quantitative estimate of drug-likeness (QED) is 0.746. The van der Waals surface area contributed by atoms with Gasteiger partial charge in [-0.3, -0.25) is 14.0 Å². The summed E-state index contributed by atoms with van der Waals surface area (Å²) >= 11 is 0. The van der Waals surface area contributed by atoms with Crippen molar-refractivity contribution in [3.63, 3.8) is 0 Å². The van der Waals surface area contributed by atoms with Crippen molar-refractivity contribution in [3.8, 4) is 0 Å². The van der Waals surface area contributed by atoms with Gasteiger partial charge in [0.15, 0.2) is 0 Å². The minimum absolute atomic E-state index is 0.0859. The molecule has 1 amide bonds. The van der Waals surface area contributed by atoms with Gasteiger partial charge < -0.3 is 10.1 Å². The molecule has 0 unspecified atom stereocenters. The zero-order chi connectivity index (χ0) is 16.5. The Morgan fingerprint density at radius 2 is 2.17 bits per heavy atom. The Morgan fingerprint density at radius 3 is 3.00 bits per heavy atom. The van der Waals surface area contributed by atoms with Crippen LogP contribution in [0.25, 0.3) is 16.6 Å². The predicted octanol–water partition coefficient (Wildman–Crippen LogP) is 1.76.